The Morgan fingerprint density at radius 2 is 1.00 bits per heavy atom. The van der Waals surface area contributed by atoms with Crippen molar-refractivity contribution in [1.29, 1.82) is 0 Å². The Morgan fingerprint density at radius 1 is 0.595 bits per heavy atom. The maximum absolute atomic E-state index is 6.48. The van der Waals surface area contributed by atoms with Crippen LogP contribution in [0, 0.1) is 0 Å². The van der Waals surface area contributed by atoms with Crippen molar-refractivity contribution >= 4 is 103 Å². The van der Waals surface area contributed by atoms with Crippen LogP contribution in [0.3, 0.4) is 0 Å². The number of halogens is 2. The van der Waals surface area contributed by atoms with Crippen LogP contribution < -0.4 is 21.3 Å². The lowest BCUT2D eigenvalue weighted by atomic mass is 10.3. The summed E-state index contributed by atoms with van der Waals surface area (Å²) >= 11 is 16.3. The minimum absolute atomic E-state index is 0.341. The molecule has 0 atom stereocenters. The van der Waals surface area contributed by atoms with Crippen LogP contribution in [0.2, 0.25) is 10.0 Å². The Morgan fingerprint density at radius 3 is 1.38 bits per heavy atom. The van der Waals surface area contributed by atoms with E-state index in [0.717, 1.165) is 31.0 Å². The topological polar surface area (TPSA) is 83.2 Å². The van der Waals surface area contributed by atoms with Crippen LogP contribution >= 0.6 is 68.3 Å². The smallest absolute Gasteiger partial charge is 0.200 e. The number of rotatable bonds is 9. The van der Waals surface area contributed by atoms with Crippen LogP contribution in [-0.4, -0.2) is 38.5 Å². The van der Waals surface area contributed by atoms with Gasteiger partial charge in [0.15, 0.2) is 0 Å². The van der Waals surface area contributed by atoms with Crippen molar-refractivity contribution < 1.29 is 0 Å². The van der Waals surface area contributed by atoms with Gasteiger partial charge in [-0.3, -0.25) is 0 Å². The normalized spacial score (nSPS) is 12.0. The van der Waals surface area contributed by atoms with E-state index in [9.17, 15) is 0 Å². The second-order valence-electron chi connectivity index (χ2n) is 8.85. The van der Waals surface area contributed by atoms with Crippen LogP contribution in [0.1, 0.15) is 0 Å². The molecule has 0 aliphatic heterocycles. The zero-order valence-electron chi connectivity index (χ0n) is 23.4. The fraction of sp³-hybridized carbons (Fsp3) is 0.133. The van der Waals surface area contributed by atoms with Crippen molar-refractivity contribution in [2.75, 3.05) is 36.4 Å². The molecule has 4 rings (SSSR count). The Kier molecular flexibility index (Phi) is 11.7. The van der Waals surface area contributed by atoms with Crippen molar-refractivity contribution in [3.8, 4) is 0 Å². The summed E-state index contributed by atoms with van der Waals surface area (Å²) in [5.74, 6) is 0.681. The molecule has 0 bridgehead atoms. The molecule has 0 saturated heterocycles. The molecule has 4 N–H and O–H groups in total. The van der Waals surface area contributed by atoms with Gasteiger partial charge in [-0.05, 0) is 85.3 Å². The first-order valence-corrected chi connectivity index (χ1v) is 17.9. The Balaban J connectivity index is 1.48. The summed E-state index contributed by atoms with van der Waals surface area (Å²) < 4.78 is 0. The summed E-state index contributed by atoms with van der Waals surface area (Å²) in [5, 5.41) is 1.04. The highest BCUT2D eigenvalue weighted by Gasteiger charge is 2.11. The number of hydrogen-bond donors (Lipinski definition) is 2. The van der Waals surface area contributed by atoms with E-state index in [1.54, 1.807) is 45.1 Å². The van der Waals surface area contributed by atoms with E-state index < -0.39 is 0 Å². The maximum Gasteiger partial charge on any atom is 0.200 e. The van der Waals surface area contributed by atoms with E-state index in [-0.39, 0.29) is 0 Å². The highest BCUT2D eigenvalue weighted by atomic mass is 35.5. The minimum Gasteiger partial charge on any atom is -0.369 e. The van der Waals surface area contributed by atoms with Gasteiger partial charge in [0.2, 0.25) is 11.9 Å². The van der Waals surface area contributed by atoms with Crippen molar-refractivity contribution in [2.24, 2.45) is 21.5 Å². The summed E-state index contributed by atoms with van der Waals surface area (Å²) in [6, 6.07) is 27.6. The first-order valence-electron chi connectivity index (χ1n) is 12.6. The summed E-state index contributed by atoms with van der Waals surface area (Å²) in [6.07, 6.45) is 4.08. The number of hydrogen-bond acceptors (Lipinski definition) is 6. The Labute approximate surface area is 273 Å². The van der Waals surface area contributed by atoms with E-state index in [1.807, 2.05) is 97.1 Å². The molecule has 0 spiro atoms. The molecule has 218 valence electrons. The minimum atomic E-state index is 0.341. The summed E-state index contributed by atoms with van der Waals surface area (Å²) in [6.45, 7) is 0. The molecule has 0 amide bonds. The highest BCUT2D eigenvalue weighted by molar-refractivity contribution is 8.76. The second-order valence-corrected chi connectivity index (χ2v) is 13.7. The van der Waals surface area contributed by atoms with Gasteiger partial charge in [-0.2, -0.15) is 0 Å². The number of thioether (sulfide) groups is 2. The molecule has 0 radical (unpaired) electrons. The van der Waals surface area contributed by atoms with Crippen LogP contribution in [0.15, 0.2) is 114 Å². The molecule has 4 aromatic rings. The molecule has 0 fully saturated rings. The standard InChI is InChI=1S/C30H30Cl2N6S4/c1-37(19-7-5-9-21(15-19)39-3)29(33)35-27-17-23(11-13-25(27)31)41-42-24-12-14-26(32)28(18-24)36-30(34)38(2)20-8-6-10-22(16-20)40-4/h5-18H,1-4H3,(H2,33,35)(H2,34,36). The van der Waals surface area contributed by atoms with Crippen LogP contribution in [0.5, 0.6) is 0 Å². The first-order chi connectivity index (χ1) is 20.2. The van der Waals surface area contributed by atoms with Gasteiger partial charge in [0.1, 0.15) is 0 Å². The number of aliphatic imine (C=N–C) groups is 2. The summed E-state index contributed by atoms with van der Waals surface area (Å²) in [4.78, 5) is 17.1. The van der Waals surface area contributed by atoms with Gasteiger partial charge >= 0.3 is 0 Å². The van der Waals surface area contributed by atoms with E-state index >= 15 is 0 Å². The average Bonchev–Trinajstić information content (AvgIpc) is 3.01. The van der Waals surface area contributed by atoms with Crippen molar-refractivity contribution in [1.82, 2.24) is 0 Å². The number of benzene rings is 4. The van der Waals surface area contributed by atoms with E-state index in [1.165, 1.54) is 0 Å². The van der Waals surface area contributed by atoms with E-state index in [0.29, 0.717) is 33.3 Å². The molecular formula is C30H30Cl2N6S4. The number of nitrogens with two attached hydrogens (primary N) is 2. The predicted molar refractivity (Wildman–Crippen MR) is 190 cm³/mol. The lowest BCUT2D eigenvalue weighted by Gasteiger charge is -2.19. The van der Waals surface area contributed by atoms with Crippen molar-refractivity contribution in [3.05, 3.63) is 95.0 Å². The van der Waals surface area contributed by atoms with Crippen LogP contribution in [-0.2, 0) is 0 Å². The van der Waals surface area contributed by atoms with Crippen LogP contribution in [0.25, 0.3) is 0 Å². The summed E-state index contributed by atoms with van der Waals surface area (Å²) in [5.41, 5.74) is 15.8. The zero-order valence-corrected chi connectivity index (χ0v) is 28.2. The zero-order chi connectivity index (χ0) is 30.2. The van der Waals surface area contributed by atoms with Gasteiger partial charge in [0.25, 0.3) is 0 Å². The quantitative estimate of drug-likeness (QED) is 0.0787. The maximum atomic E-state index is 6.48. The molecule has 0 aliphatic rings. The SMILES string of the molecule is CSc1cccc(N(C)C(N)=Nc2cc(SSc3ccc(Cl)c(N=C(N)N(C)c4cccc(SC)c4)c3)ccc2Cl)c1. The van der Waals surface area contributed by atoms with E-state index in [4.69, 9.17) is 34.7 Å². The average molecular weight is 674 g/mol. The molecule has 6 nitrogen and oxygen atoms in total. The molecule has 4 aromatic carbocycles. The van der Waals surface area contributed by atoms with Gasteiger partial charge in [-0.25, -0.2) is 9.98 Å². The van der Waals surface area contributed by atoms with Gasteiger partial charge in [-0.1, -0.05) is 56.9 Å². The monoisotopic (exact) mass is 672 g/mol. The number of guanidine groups is 2. The number of nitrogens with zero attached hydrogens (tertiary/aromatic N) is 4. The Bertz CT molecular complexity index is 1500. The molecule has 0 unspecified atom stereocenters. The fourth-order valence-electron chi connectivity index (χ4n) is 3.66. The third kappa shape index (κ3) is 8.49. The number of anilines is 2. The lowest BCUT2D eigenvalue weighted by Crippen LogP contribution is -2.33. The van der Waals surface area contributed by atoms with Gasteiger partial charge in [-0.15, -0.1) is 23.5 Å². The molecule has 0 saturated carbocycles. The fourth-order valence-corrected chi connectivity index (χ4v) is 6.84. The van der Waals surface area contributed by atoms with E-state index in [2.05, 4.69) is 34.3 Å². The van der Waals surface area contributed by atoms with Gasteiger partial charge in [0, 0.05) is 45.1 Å². The molecule has 42 heavy (non-hydrogen) atoms. The molecule has 0 aromatic heterocycles. The van der Waals surface area contributed by atoms with Gasteiger partial charge < -0.3 is 21.3 Å². The molecule has 0 heterocycles. The Hall–Kier alpha value is -2.60. The van der Waals surface area contributed by atoms with Crippen molar-refractivity contribution in [2.45, 2.75) is 19.6 Å². The second kappa shape index (κ2) is 15.2. The third-order valence-corrected chi connectivity index (χ3v) is 10.6. The molecule has 0 aliphatic carbocycles. The highest BCUT2D eigenvalue weighted by Crippen LogP contribution is 2.42. The van der Waals surface area contributed by atoms with Crippen LogP contribution in [0.4, 0.5) is 22.7 Å². The summed E-state index contributed by atoms with van der Waals surface area (Å²) in [7, 11) is 6.90. The van der Waals surface area contributed by atoms with Gasteiger partial charge in [0.05, 0.1) is 21.4 Å². The first kappa shape index (κ1) is 32.3. The molecular weight excluding hydrogens is 644 g/mol. The molecule has 12 heteroatoms. The predicted octanol–water partition coefficient (Wildman–Crippen LogP) is 9.40. The largest absolute Gasteiger partial charge is 0.369 e. The van der Waals surface area contributed by atoms with Crippen molar-refractivity contribution in [3.63, 3.8) is 0 Å². The third-order valence-electron chi connectivity index (χ3n) is 6.11. The lowest BCUT2D eigenvalue weighted by molar-refractivity contribution is 1.20.